The van der Waals surface area contributed by atoms with Crippen LogP contribution in [0.5, 0.6) is 0 Å². The van der Waals surface area contributed by atoms with Crippen molar-refractivity contribution in [3.8, 4) is 0 Å². The van der Waals surface area contributed by atoms with Crippen LogP contribution in [0.25, 0.3) is 0 Å². The fourth-order valence-corrected chi connectivity index (χ4v) is 2.97. The molecule has 3 aliphatic rings. The number of hydrogen-bond acceptors (Lipinski definition) is 4. The highest BCUT2D eigenvalue weighted by atomic mass is 35.5. The smallest absolute Gasteiger partial charge is 0.239 e. The van der Waals surface area contributed by atoms with Gasteiger partial charge in [0.2, 0.25) is 5.91 Å². The van der Waals surface area contributed by atoms with Gasteiger partial charge in [-0.25, -0.2) is 0 Å². The number of amides is 1. The van der Waals surface area contributed by atoms with E-state index in [1.54, 1.807) is 0 Å². The fourth-order valence-electron chi connectivity index (χ4n) is 2.97. The number of halogens is 1. The van der Waals surface area contributed by atoms with Gasteiger partial charge in [-0.15, -0.1) is 12.4 Å². The number of ether oxygens (including phenoxy) is 1. The summed E-state index contributed by atoms with van der Waals surface area (Å²) in [4.78, 5) is 11.3. The molecule has 1 amide bonds. The van der Waals surface area contributed by atoms with Gasteiger partial charge in [0.1, 0.15) is 6.04 Å². The van der Waals surface area contributed by atoms with Crippen LogP contribution in [-0.4, -0.2) is 49.0 Å². The van der Waals surface area contributed by atoms with Crippen molar-refractivity contribution in [1.29, 1.82) is 0 Å². The van der Waals surface area contributed by atoms with Crippen LogP contribution in [0.2, 0.25) is 0 Å². The molecule has 3 fully saturated rings. The fraction of sp³-hybridized carbons (Fsp3) is 0.933. The molecule has 1 atom stereocenters. The molecule has 21 heavy (non-hydrogen) atoms. The topological polar surface area (TPSA) is 70.6 Å². The molecular formula is C15H29ClN2O3. The summed E-state index contributed by atoms with van der Waals surface area (Å²) in [5.41, 5.74) is 0. The molecule has 124 valence electrons. The van der Waals surface area contributed by atoms with Crippen molar-refractivity contribution in [1.82, 2.24) is 10.6 Å². The molecule has 0 aromatic heterocycles. The molecule has 2 aliphatic carbocycles. The van der Waals surface area contributed by atoms with E-state index in [-0.39, 0.29) is 30.5 Å². The van der Waals surface area contributed by atoms with Crippen LogP contribution in [0.4, 0.5) is 0 Å². The van der Waals surface area contributed by atoms with Crippen LogP contribution >= 0.6 is 12.4 Å². The Balaban J connectivity index is 0.000000267. The number of aliphatic hydroxyl groups excluding tert-OH is 1. The molecule has 0 aromatic rings. The largest absolute Gasteiger partial charge is 0.393 e. The predicted octanol–water partition coefficient (Wildman–Crippen LogP) is 1.38. The second-order valence-electron chi connectivity index (χ2n) is 5.98. The molecule has 3 N–H and O–H groups in total. The number of nitrogens with one attached hydrogen (secondary N) is 2. The van der Waals surface area contributed by atoms with Crippen LogP contribution in [-0.2, 0) is 9.53 Å². The van der Waals surface area contributed by atoms with E-state index >= 15 is 0 Å². The average molecular weight is 321 g/mol. The van der Waals surface area contributed by atoms with E-state index in [0.29, 0.717) is 12.7 Å². The van der Waals surface area contributed by atoms with Crippen LogP contribution in [0, 0.1) is 0 Å². The van der Waals surface area contributed by atoms with Gasteiger partial charge in [0.15, 0.2) is 0 Å². The van der Waals surface area contributed by atoms with E-state index in [1.165, 1.54) is 25.7 Å². The van der Waals surface area contributed by atoms with Crippen LogP contribution in [0.15, 0.2) is 0 Å². The van der Waals surface area contributed by atoms with Gasteiger partial charge in [-0.2, -0.15) is 0 Å². The lowest BCUT2D eigenvalue weighted by Gasteiger charge is -2.24. The summed E-state index contributed by atoms with van der Waals surface area (Å²) in [6, 6.07) is -0.135. The minimum absolute atomic E-state index is 0. The molecule has 6 heteroatoms. The molecule has 1 heterocycles. The van der Waals surface area contributed by atoms with Gasteiger partial charge >= 0.3 is 0 Å². The van der Waals surface area contributed by atoms with Gasteiger partial charge in [-0.05, 0) is 25.7 Å². The Bertz CT molecular complexity index is 293. The molecule has 0 radical (unpaired) electrons. The second kappa shape index (κ2) is 10.4. The van der Waals surface area contributed by atoms with Crippen molar-refractivity contribution in [2.45, 2.75) is 69.6 Å². The Morgan fingerprint density at radius 3 is 2.19 bits per heavy atom. The number of rotatable bonds is 3. The van der Waals surface area contributed by atoms with E-state index in [1.807, 2.05) is 0 Å². The molecule has 1 unspecified atom stereocenters. The van der Waals surface area contributed by atoms with Crippen molar-refractivity contribution < 1.29 is 14.6 Å². The highest BCUT2D eigenvalue weighted by Crippen LogP contribution is 2.21. The Morgan fingerprint density at radius 1 is 1.05 bits per heavy atom. The van der Waals surface area contributed by atoms with Gasteiger partial charge in [-0.3, -0.25) is 4.79 Å². The quantitative estimate of drug-likeness (QED) is 0.734. The summed E-state index contributed by atoms with van der Waals surface area (Å²) >= 11 is 0. The molecule has 0 spiro atoms. The van der Waals surface area contributed by atoms with E-state index in [0.717, 1.165) is 38.8 Å². The third-order valence-electron chi connectivity index (χ3n) is 4.26. The molecule has 1 aliphatic heterocycles. The summed E-state index contributed by atoms with van der Waals surface area (Å²) in [6.07, 6.45) is 9.87. The maximum atomic E-state index is 11.3. The maximum absolute atomic E-state index is 11.3. The first-order chi connectivity index (χ1) is 9.75. The lowest BCUT2D eigenvalue weighted by molar-refractivity contribution is -0.126. The van der Waals surface area contributed by atoms with Gasteiger partial charge < -0.3 is 20.5 Å². The first kappa shape index (κ1) is 18.7. The Kier molecular flexibility index (Phi) is 9.24. The summed E-state index contributed by atoms with van der Waals surface area (Å²) in [7, 11) is 0. The van der Waals surface area contributed by atoms with E-state index in [2.05, 4.69) is 10.6 Å². The lowest BCUT2D eigenvalue weighted by Crippen LogP contribution is -2.55. The zero-order chi connectivity index (χ0) is 14.2. The summed E-state index contributed by atoms with van der Waals surface area (Å²) < 4.78 is 5.69. The molecular weight excluding hydrogens is 292 g/mol. The SMILES string of the molecule is Cl.O=C1NCCNC1COC1CCCC1.OC1CCCC1. The van der Waals surface area contributed by atoms with Crippen molar-refractivity contribution in [2.24, 2.45) is 0 Å². The van der Waals surface area contributed by atoms with Crippen LogP contribution in [0.3, 0.4) is 0 Å². The average Bonchev–Trinajstić information content (AvgIpc) is 3.12. The monoisotopic (exact) mass is 320 g/mol. The molecule has 0 aromatic carbocycles. The second-order valence-corrected chi connectivity index (χ2v) is 5.98. The Hall–Kier alpha value is -0.360. The lowest BCUT2D eigenvalue weighted by atomic mass is 10.2. The number of piperazine rings is 1. The number of carbonyl (C=O) groups excluding carboxylic acids is 1. The van der Waals surface area contributed by atoms with E-state index < -0.39 is 0 Å². The standard InChI is InChI=1S/C10H18N2O2.C5H10O.ClH/c13-10-9(11-5-6-12-10)7-14-8-3-1-2-4-8;6-5-3-1-2-4-5;/h8-9,11H,1-7H2,(H,12,13);5-6H,1-4H2;1H. The number of hydrogen-bond donors (Lipinski definition) is 3. The van der Waals surface area contributed by atoms with Gasteiger partial charge in [0.25, 0.3) is 0 Å². The molecule has 3 rings (SSSR count). The van der Waals surface area contributed by atoms with E-state index in [9.17, 15) is 4.79 Å². The summed E-state index contributed by atoms with van der Waals surface area (Å²) in [5.74, 6) is 0.0780. The first-order valence-corrected chi connectivity index (χ1v) is 8.06. The molecule has 2 saturated carbocycles. The maximum Gasteiger partial charge on any atom is 0.239 e. The zero-order valence-electron chi connectivity index (χ0n) is 12.7. The summed E-state index contributed by atoms with van der Waals surface area (Å²) in [6.45, 7) is 2.11. The zero-order valence-corrected chi connectivity index (χ0v) is 13.5. The Labute approximate surface area is 133 Å². The van der Waals surface area contributed by atoms with Gasteiger partial charge in [0, 0.05) is 13.1 Å². The number of aliphatic hydroxyl groups is 1. The van der Waals surface area contributed by atoms with Gasteiger partial charge in [-0.1, -0.05) is 25.7 Å². The van der Waals surface area contributed by atoms with E-state index in [4.69, 9.17) is 9.84 Å². The van der Waals surface area contributed by atoms with Crippen molar-refractivity contribution >= 4 is 18.3 Å². The van der Waals surface area contributed by atoms with Gasteiger partial charge in [0.05, 0.1) is 18.8 Å². The molecule has 0 bridgehead atoms. The minimum atomic E-state index is -0.135. The predicted molar refractivity (Wildman–Crippen MR) is 84.7 cm³/mol. The van der Waals surface area contributed by atoms with Crippen molar-refractivity contribution in [2.75, 3.05) is 19.7 Å². The summed E-state index contributed by atoms with van der Waals surface area (Å²) in [5, 5.41) is 14.7. The normalized spacial score (nSPS) is 26.7. The molecule has 1 saturated heterocycles. The highest BCUT2D eigenvalue weighted by Gasteiger charge is 2.23. The van der Waals surface area contributed by atoms with Crippen LogP contribution < -0.4 is 10.6 Å². The molecule has 5 nitrogen and oxygen atoms in total. The number of carbonyl (C=O) groups is 1. The Morgan fingerprint density at radius 2 is 1.67 bits per heavy atom. The minimum Gasteiger partial charge on any atom is -0.393 e. The third kappa shape index (κ3) is 6.96. The van der Waals surface area contributed by atoms with Crippen molar-refractivity contribution in [3.05, 3.63) is 0 Å². The first-order valence-electron chi connectivity index (χ1n) is 8.06. The highest BCUT2D eigenvalue weighted by molar-refractivity contribution is 5.85. The van der Waals surface area contributed by atoms with Crippen LogP contribution in [0.1, 0.15) is 51.4 Å². The van der Waals surface area contributed by atoms with Crippen molar-refractivity contribution in [3.63, 3.8) is 0 Å². The third-order valence-corrected chi connectivity index (χ3v) is 4.26.